The van der Waals surface area contributed by atoms with Crippen molar-refractivity contribution in [3.05, 3.63) is 57.3 Å². The maximum atomic E-state index is 12.1. The maximum absolute atomic E-state index is 12.1. The van der Waals surface area contributed by atoms with Crippen molar-refractivity contribution in [3.8, 4) is 0 Å². The number of carbonyl (C=O) groups is 1. The van der Waals surface area contributed by atoms with E-state index in [1.54, 1.807) is 11.3 Å². The topological polar surface area (TPSA) is 17.1 Å². The van der Waals surface area contributed by atoms with Crippen LogP contribution in [0.15, 0.2) is 36.4 Å². The summed E-state index contributed by atoms with van der Waals surface area (Å²) in [5.41, 5.74) is 2.04. The smallest absolute Gasteiger partial charge is 0.202 e. The molecule has 2 heteroatoms. The fraction of sp³-hybridized carbons (Fsp3) is 0.214. The molecule has 0 amide bonds. The van der Waals surface area contributed by atoms with Gasteiger partial charge in [-0.15, -0.1) is 11.3 Å². The van der Waals surface area contributed by atoms with Crippen molar-refractivity contribution in [3.63, 3.8) is 0 Å². The Labute approximate surface area is 99.8 Å². The van der Waals surface area contributed by atoms with Gasteiger partial charge in [-0.3, -0.25) is 4.79 Å². The van der Waals surface area contributed by atoms with Crippen LogP contribution in [0.4, 0.5) is 0 Å². The predicted molar refractivity (Wildman–Crippen MR) is 68.3 cm³/mol. The number of carbonyl (C=O) groups excluding carboxylic acids is 1. The van der Waals surface area contributed by atoms with E-state index in [9.17, 15) is 4.79 Å². The van der Waals surface area contributed by atoms with E-state index in [-0.39, 0.29) is 5.78 Å². The summed E-state index contributed by atoms with van der Waals surface area (Å²) in [7, 11) is 0. The van der Waals surface area contributed by atoms with E-state index in [0.29, 0.717) is 0 Å². The molecule has 0 atom stereocenters. The summed E-state index contributed by atoms with van der Waals surface area (Å²) in [6.07, 6.45) is 1.01. The molecule has 0 fully saturated rings. The average Bonchev–Trinajstić information content (AvgIpc) is 2.75. The molecule has 0 aliphatic rings. The Morgan fingerprint density at radius 2 is 1.81 bits per heavy atom. The first-order valence-corrected chi connectivity index (χ1v) is 6.22. The Morgan fingerprint density at radius 3 is 2.31 bits per heavy atom. The molecular formula is C14H14OS. The van der Waals surface area contributed by atoms with Crippen LogP contribution in [0.25, 0.3) is 0 Å². The zero-order valence-corrected chi connectivity index (χ0v) is 10.3. The lowest BCUT2D eigenvalue weighted by Gasteiger charge is -2.00. The predicted octanol–water partition coefficient (Wildman–Crippen LogP) is 3.85. The molecule has 1 aromatic heterocycles. The van der Waals surface area contributed by atoms with Gasteiger partial charge in [0.05, 0.1) is 4.88 Å². The van der Waals surface area contributed by atoms with Crippen LogP contribution in [0, 0.1) is 6.92 Å². The molecule has 2 aromatic rings. The van der Waals surface area contributed by atoms with Crippen molar-refractivity contribution in [2.24, 2.45) is 0 Å². The molecule has 0 aliphatic heterocycles. The van der Waals surface area contributed by atoms with E-state index in [1.165, 1.54) is 10.4 Å². The monoisotopic (exact) mass is 230 g/mol. The third-order valence-corrected chi connectivity index (χ3v) is 3.59. The Hall–Kier alpha value is -1.41. The molecule has 0 unspecified atom stereocenters. The van der Waals surface area contributed by atoms with E-state index in [2.05, 4.69) is 6.92 Å². The van der Waals surface area contributed by atoms with Gasteiger partial charge < -0.3 is 0 Å². The SMILES string of the molecule is CCc1ccc(C(=O)c2ccc(C)s2)cc1. The lowest BCUT2D eigenvalue weighted by Crippen LogP contribution is -1.98. The zero-order chi connectivity index (χ0) is 11.5. The van der Waals surface area contributed by atoms with Crippen molar-refractivity contribution in [2.45, 2.75) is 20.3 Å². The summed E-state index contributed by atoms with van der Waals surface area (Å²) in [6, 6.07) is 11.8. The Bertz CT molecular complexity index is 494. The molecule has 16 heavy (non-hydrogen) atoms. The minimum atomic E-state index is 0.126. The standard InChI is InChI=1S/C14H14OS/c1-3-11-5-7-12(8-6-11)14(15)13-9-4-10(2)16-13/h4-9H,3H2,1-2H3. The highest BCUT2D eigenvalue weighted by atomic mass is 32.1. The van der Waals surface area contributed by atoms with Gasteiger partial charge in [0.25, 0.3) is 0 Å². The second-order valence-electron chi connectivity index (χ2n) is 3.79. The van der Waals surface area contributed by atoms with Gasteiger partial charge in [0.15, 0.2) is 0 Å². The first-order valence-electron chi connectivity index (χ1n) is 5.41. The molecule has 0 bridgehead atoms. The van der Waals surface area contributed by atoms with Crippen molar-refractivity contribution in [2.75, 3.05) is 0 Å². The number of rotatable bonds is 3. The van der Waals surface area contributed by atoms with Crippen LogP contribution in [0.5, 0.6) is 0 Å². The molecule has 0 aliphatic carbocycles. The van der Waals surface area contributed by atoms with E-state index < -0.39 is 0 Å². The summed E-state index contributed by atoms with van der Waals surface area (Å²) in [6.45, 7) is 4.13. The van der Waals surface area contributed by atoms with Crippen molar-refractivity contribution in [1.29, 1.82) is 0 Å². The second-order valence-corrected chi connectivity index (χ2v) is 5.08. The van der Waals surface area contributed by atoms with E-state index in [1.807, 2.05) is 43.3 Å². The first-order chi connectivity index (χ1) is 7.70. The Balaban J connectivity index is 2.27. The van der Waals surface area contributed by atoms with Crippen LogP contribution in [0.2, 0.25) is 0 Å². The highest BCUT2D eigenvalue weighted by Gasteiger charge is 2.10. The second kappa shape index (κ2) is 4.62. The first kappa shape index (κ1) is 11.1. The Kier molecular flexibility index (Phi) is 3.20. The number of hydrogen-bond acceptors (Lipinski definition) is 2. The summed E-state index contributed by atoms with van der Waals surface area (Å²) in [5.74, 6) is 0.126. The minimum absolute atomic E-state index is 0.126. The van der Waals surface area contributed by atoms with Crippen molar-refractivity contribution in [1.82, 2.24) is 0 Å². The third-order valence-electron chi connectivity index (χ3n) is 2.59. The Morgan fingerprint density at radius 1 is 1.12 bits per heavy atom. The van der Waals surface area contributed by atoms with Crippen LogP contribution in [0.3, 0.4) is 0 Å². The highest BCUT2D eigenvalue weighted by Crippen LogP contribution is 2.19. The minimum Gasteiger partial charge on any atom is -0.288 e. The highest BCUT2D eigenvalue weighted by molar-refractivity contribution is 7.14. The van der Waals surface area contributed by atoms with Crippen LogP contribution in [0.1, 0.15) is 32.6 Å². The van der Waals surface area contributed by atoms with Gasteiger partial charge in [-0.05, 0) is 31.0 Å². The van der Waals surface area contributed by atoms with Gasteiger partial charge in [-0.2, -0.15) is 0 Å². The van der Waals surface area contributed by atoms with Gasteiger partial charge >= 0.3 is 0 Å². The summed E-state index contributed by atoms with van der Waals surface area (Å²) in [5, 5.41) is 0. The number of thiophene rings is 1. The van der Waals surface area contributed by atoms with E-state index in [4.69, 9.17) is 0 Å². The molecule has 1 heterocycles. The molecule has 82 valence electrons. The van der Waals surface area contributed by atoms with Gasteiger partial charge in [-0.1, -0.05) is 31.2 Å². The fourth-order valence-electron chi connectivity index (χ4n) is 1.59. The normalized spacial score (nSPS) is 10.4. The summed E-state index contributed by atoms with van der Waals surface area (Å²) >= 11 is 1.55. The van der Waals surface area contributed by atoms with Crippen LogP contribution in [-0.4, -0.2) is 5.78 Å². The summed E-state index contributed by atoms with van der Waals surface area (Å²) in [4.78, 5) is 14.1. The largest absolute Gasteiger partial charge is 0.288 e. The molecule has 0 radical (unpaired) electrons. The number of ketones is 1. The maximum Gasteiger partial charge on any atom is 0.202 e. The molecular weight excluding hydrogens is 216 g/mol. The third kappa shape index (κ3) is 2.22. The lowest BCUT2D eigenvalue weighted by molar-refractivity contribution is 0.104. The molecule has 0 saturated heterocycles. The van der Waals surface area contributed by atoms with Crippen molar-refractivity contribution >= 4 is 17.1 Å². The van der Waals surface area contributed by atoms with E-state index >= 15 is 0 Å². The number of benzene rings is 1. The molecule has 0 saturated carbocycles. The molecule has 2 rings (SSSR count). The van der Waals surface area contributed by atoms with Crippen molar-refractivity contribution < 1.29 is 4.79 Å². The van der Waals surface area contributed by atoms with Gasteiger partial charge in [0.1, 0.15) is 0 Å². The molecule has 0 N–H and O–H groups in total. The molecule has 0 spiro atoms. The van der Waals surface area contributed by atoms with Gasteiger partial charge in [0.2, 0.25) is 5.78 Å². The lowest BCUT2D eigenvalue weighted by atomic mass is 10.1. The van der Waals surface area contributed by atoms with E-state index in [0.717, 1.165) is 16.9 Å². The quantitative estimate of drug-likeness (QED) is 0.732. The van der Waals surface area contributed by atoms with Gasteiger partial charge in [0, 0.05) is 10.4 Å². The molecule has 1 aromatic carbocycles. The van der Waals surface area contributed by atoms with Crippen LogP contribution >= 0.6 is 11.3 Å². The summed E-state index contributed by atoms with van der Waals surface area (Å²) < 4.78 is 0. The average molecular weight is 230 g/mol. The van der Waals surface area contributed by atoms with Gasteiger partial charge in [-0.25, -0.2) is 0 Å². The number of aryl methyl sites for hydroxylation is 2. The molecule has 1 nitrogen and oxygen atoms in total. The van der Waals surface area contributed by atoms with Crippen LogP contribution < -0.4 is 0 Å². The number of hydrogen-bond donors (Lipinski definition) is 0. The van der Waals surface area contributed by atoms with Crippen LogP contribution in [-0.2, 0) is 6.42 Å². The zero-order valence-electron chi connectivity index (χ0n) is 9.49. The fourth-order valence-corrected chi connectivity index (χ4v) is 2.42.